The van der Waals surface area contributed by atoms with E-state index >= 15 is 0 Å². The fraction of sp³-hybridized carbons (Fsp3) is 0.625. The van der Waals surface area contributed by atoms with Crippen LogP contribution in [-0.2, 0) is 6.54 Å². The molecule has 0 aliphatic carbocycles. The molecule has 0 amide bonds. The van der Waals surface area contributed by atoms with Crippen LogP contribution >= 0.6 is 0 Å². The van der Waals surface area contributed by atoms with E-state index < -0.39 is 0 Å². The molecule has 0 saturated heterocycles. The summed E-state index contributed by atoms with van der Waals surface area (Å²) in [4.78, 5) is 0. The van der Waals surface area contributed by atoms with Gasteiger partial charge >= 0.3 is 0 Å². The Kier molecular flexibility index (Phi) is 7.34. The summed E-state index contributed by atoms with van der Waals surface area (Å²) in [5, 5.41) is 3.33. The highest BCUT2D eigenvalue weighted by molar-refractivity contribution is 5.40. The molecule has 0 aliphatic heterocycles. The van der Waals surface area contributed by atoms with E-state index in [4.69, 9.17) is 9.47 Å². The third-order valence-corrected chi connectivity index (χ3v) is 3.14. The lowest BCUT2D eigenvalue weighted by Crippen LogP contribution is -2.14. The fourth-order valence-electron chi connectivity index (χ4n) is 2.03. The topological polar surface area (TPSA) is 30.5 Å². The molecule has 19 heavy (non-hydrogen) atoms. The van der Waals surface area contributed by atoms with Gasteiger partial charge in [0.15, 0.2) is 0 Å². The summed E-state index contributed by atoms with van der Waals surface area (Å²) in [7, 11) is 1.69. The van der Waals surface area contributed by atoms with Gasteiger partial charge in [-0.15, -0.1) is 0 Å². The van der Waals surface area contributed by atoms with Crippen LogP contribution in [0.25, 0.3) is 0 Å². The Balaban J connectivity index is 2.68. The van der Waals surface area contributed by atoms with E-state index in [-0.39, 0.29) is 0 Å². The number of methoxy groups -OCH3 is 1. The molecule has 0 aliphatic rings. The summed E-state index contributed by atoms with van der Waals surface area (Å²) in [6, 6.07) is 6.00. The molecule has 1 atom stereocenters. The van der Waals surface area contributed by atoms with E-state index in [9.17, 15) is 0 Å². The van der Waals surface area contributed by atoms with Crippen LogP contribution in [0.4, 0.5) is 0 Å². The van der Waals surface area contributed by atoms with Gasteiger partial charge in [-0.3, -0.25) is 0 Å². The van der Waals surface area contributed by atoms with Crippen molar-refractivity contribution in [3.8, 4) is 11.5 Å². The molecule has 0 saturated carbocycles. The molecular weight excluding hydrogens is 238 g/mol. The van der Waals surface area contributed by atoms with Crippen LogP contribution in [0.5, 0.6) is 11.5 Å². The number of hydrogen-bond acceptors (Lipinski definition) is 3. The minimum Gasteiger partial charge on any atom is -0.497 e. The van der Waals surface area contributed by atoms with Crippen LogP contribution in [0.1, 0.15) is 39.2 Å². The van der Waals surface area contributed by atoms with Gasteiger partial charge in [0, 0.05) is 12.1 Å². The average Bonchev–Trinajstić information content (AvgIpc) is 2.43. The van der Waals surface area contributed by atoms with Crippen molar-refractivity contribution in [2.75, 3.05) is 20.3 Å². The first-order valence-electron chi connectivity index (χ1n) is 7.21. The van der Waals surface area contributed by atoms with E-state index in [2.05, 4.69) is 26.1 Å². The lowest BCUT2D eigenvalue weighted by atomic mass is 10.1. The van der Waals surface area contributed by atoms with Gasteiger partial charge in [-0.1, -0.05) is 27.2 Å². The minimum atomic E-state index is 0.596. The molecule has 1 aromatic rings. The van der Waals surface area contributed by atoms with Crippen LogP contribution in [0.15, 0.2) is 18.2 Å². The number of benzene rings is 1. The largest absolute Gasteiger partial charge is 0.497 e. The number of nitrogens with one attached hydrogen (secondary N) is 1. The predicted octanol–water partition coefficient (Wildman–Crippen LogP) is 3.62. The molecular formula is C16H27NO2. The third-order valence-electron chi connectivity index (χ3n) is 3.14. The summed E-state index contributed by atoms with van der Waals surface area (Å²) in [5.41, 5.74) is 1.16. The predicted molar refractivity (Wildman–Crippen MR) is 79.9 cm³/mol. The third kappa shape index (κ3) is 5.52. The van der Waals surface area contributed by atoms with Crippen LogP contribution in [-0.4, -0.2) is 20.3 Å². The number of ether oxygens (including phenoxy) is 2. The molecule has 0 fully saturated rings. The zero-order chi connectivity index (χ0) is 14.1. The second kappa shape index (κ2) is 8.81. The molecule has 1 N–H and O–H groups in total. The minimum absolute atomic E-state index is 0.596. The Morgan fingerprint density at radius 3 is 2.68 bits per heavy atom. The van der Waals surface area contributed by atoms with E-state index in [1.807, 2.05) is 18.2 Å². The molecule has 108 valence electrons. The number of rotatable bonds is 9. The molecule has 0 spiro atoms. The van der Waals surface area contributed by atoms with Crippen molar-refractivity contribution in [1.82, 2.24) is 5.32 Å². The summed E-state index contributed by atoms with van der Waals surface area (Å²) >= 11 is 0. The van der Waals surface area contributed by atoms with Crippen molar-refractivity contribution >= 4 is 0 Å². The van der Waals surface area contributed by atoms with Crippen LogP contribution < -0.4 is 14.8 Å². The van der Waals surface area contributed by atoms with E-state index in [1.54, 1.807) is 7.11 Å². The highest BCUT2D eigenvalue weighted by atomic mass is 16.5. The maximum Gasteiger partial charge on any atom is 0.124 e. The van der Waals surface area contributed by atoms with E-state index in [0.29, 0.717) is 5.92 Å². The highest BCUT2D eigenvalue weighted by Gasteiger charge is 2.08. The van der Waals surface area contributed by atoms with Gasteiger partial charge in [0.2, 0.25) is 0 Å². The van der Waals surface area contributed by atoms with Crippen molar-refractivity contribution in [3.05, 3.63) is 23.8 Å². The van der Waals surface area contributed by atoms with Crippen LogP contribution in [0, 0.1) is 5.92 Å². The second-order valence-electron chi connectivity index (χ2n) is 4.96. The average molecular weight is 265 g/mol. The van der Waals surface area contributed by atoms with Gasteiger partial charge in [0.25, 0.3) is 0 Å². The standard InChI is InChI=1S/C16H27NO2/c1-5-7-13(3)12-19-16-9-8-15(18-4)10-14(16)11-17-6-2/h8-10,13,17H,5-7,11-12H2,1-4H3. The van der Waals surface area contributed by atoms with Crippen LogP contribution in [0.3, 0.4) is 0 Å². The first-order valence-corrected chi connectivity index (χ1v) is 7.21. The van der Waals surface area contributed by atoms with Gasteiger partial charge < -0.3 is 14.8 Å². The first kappa shape index (κ1) is 15.8. The molecule has 0 bridgehead atoms. The van der Waals surface area contributed by atoms with E-state index in [0.717, 1.165) is 36.8 Å². The maximum absolute atomic E-state index is 5.95. The summed E-state index contributed by atoms with van der Waals surface area (Å²) in [5.74, 6) is 2.44. The van der Waals surface area contributed by atoms with Gasteiger partial charge in [-0.25, -0.2) is 0 Å². The summed E-state index contributed by atoms with van der Waals surface area (Å²) < 4.78 is 11.2. The van der Waals surface area contributed by atoms with Crippen molar-refractivity contribution in [3.63, 3.8) is 0 Å². The van der Waals surface area contributed by atoms with Crippen molar-refractivity contribution < 1.29 is 9.47 Å². The summed E-state index contributed by atoms with van der Waals surface area (Å²) in [6.07, 6.45) is 2.41. The molecule has 1 rings (SSSR count). The smallest absolute Gasteiger partial charge is 0.124 e. The lowest BCUT2D eigenvalue weighted by Gasteiger charge is -2.16. The molecule has 0 radical (unpaired) electrons. The second-order valence-corrected chi connectivity index (χ2v) is 4.96. The quantitative estimate of drug-likeness (QED) is 0.739. The molecule has 1 unspecified atom stereocenters. The zero-order valence-electron chi connectivity index (χ0n) is 12.7. The van der Waals surface area contributed by atoms with Gasteiger partial charge in [-0.2, -0.15) is 0 Å². The Bertz CT molecular complexity index is 366. The van der Waals surface area contributed by atoms with Gasteiger partial charge in [0.1, 0.15) is 11.5 Å². The highest BCUT2D eigenvalue weighted by Crippen LogP contribution is 2.25. The van der Waals surface area contributed by atoms with Crippen LogP contribution in [0.2, 0.25) is 0 Å². The van der Waals surface area contributed by atoms with Gasteiger partial charge in [0.05, 0.1) is 13.7 Å². The Labute approximate surface area is 117 Å². The molecule has 1 aromatic carbocycles. The normalized spacial score (nSPS) is 12.2. The fourth-order valence-corrected chi connectivity index (χ4v) is 2.03. The Hall–Kier alpha value is -1.22. The molecule has 3 heteroatoms. The molecule has 0 heterocycles. The van der Waals surface area contributed by atoms with Crippen molar-refractivity contribution in [2.24, 2.45) is 5.92 Å². The molecule has 0 aromatic heterocycles. The summed E-state index contributed by atoms with van der Waals surface area (Å²) in [6.45, 7) is 9.08. The maximum atomic E-state index is 5.95. The van der Waals surface area contributed by atoms with Crippen molar-refractivity contribution in [1.29, 1.82) is 0 Å². The van der Waals surface area contributed by atoms with Crippen molar-refractivity contribution in [2.45, 2.75) is 40.2 Å². The first-order chi connectivity index (χ1) is 9.21. The lowest BCUT2D eigenvalue weighted by molar-refractivity contribution is 0.248. The van der Waals surface area contributed by atoms with Gasteiger partial charge in [-0.05, 0) is 37.1 Å². The molecule has 3 nitrogen and oxygen atoms in total. The SMILES string of the molecule is CCCC(C)COc1ccc(OC)cc1CNCC. The monoisotopic (exact) mass is 265 g/mol. The Morgan fingerprint density at radius 1 is 1.26 bits per heavy atom. The van der Waals surface area contributed by atoms with E-state index in [1.165, 1.54) is 12.8 Å². The zero-order valence-corrected chi connectivity index (χ0v) is 12.7. The Morgan fingerprint density at radius 2 is 2.05 bits per heavy atom. The number of hydrogen-bond donors (Lipinski definition) is 1.